The van der Waals surface area contributed by atoms with Gasteiger partial charge >= 0.3 is 0 Å². The van der Waals surface area contributed by atoms with Gasteiger partial charge in [-0.3, -0.25) is 0 Å². The van der Waals surface area contributed by atoms with E-state index in [-0.39, 0.29) is 5.96 Å². The van der Waals surface area contributed by atoms with Crippen molar-refractivity contribution in [1.82, 2.24) is 20.2 Å². The Labute approximate surface area is 227 Å². The summed E-state index contributed by atoms with van der Waals surface area (Å²) in [6.07, 6.45) is 1.50. The fraction of sp³-hybridized carbons (Fsp3) is 0. The molecule has 0 saturated carbocycles. The fourth-order valence-electron chi connectivity index (χ4n) is 3.61. The molecule has 2 aromatic heterocycles. The van der Waals surface area contributed by atoms with Crippen LogP contribution in [0, 0.1) is 11.3 Å². The second kappa shape index (κ2) is 11.3. The maximum atomic E-state index is 9.55. The molecule has 0 saturated heterocycles. The highest BCUT2D eigenvalue weighted by molar-refractivity contribution is 9.10. The molecule has 0 aliphatic rings. The number of hydrogen-bond donors (Lipinski definition) is 3. The molecule has 0 bridgehead atoms. The summed E-state index contributed by atoms with van der Waals surface area (Å²) >= 11 is 3.43. The van der Waals surface area contributed by atoms with Crippen LogP contribution in [0.15, 0.2) is 107 Å². The smallest absolute Gasteiger partial charge is 0.227 e. The van der Waals surface area contributed by atoms with Crippen molar-refractivity contribution >= 4 is 45.0 Å². The quantitative estimate of drug-likeness (QED) is 0.168. The van der Waals surface area contributed by atoms with Gasteiger partial charge in [0.25, 0.3) is 0 Å². The van der Waals surface area contributed by atoms with Gasteiger partial charge in [-0.1, -0.05) is 70.5 Å². The van der Waals surface area contributed by atoms with Crippen LogP contribution in [0.4, 0.5) is 23.1 Å². The minimum Gasteiger partial charge on any atom is -0.369 e. The number of hydrogen-bond acceptors (Lipinski definition) is 7. The minimum absolute atomic E-state index is 0.136. The lowest BCUT2D eigenvalue weighted by molar-refractivity contribution is 1.03. The van der Waals surface area contributed by atoms with E-state index in [1.54, 1.807) is 6.07 Å². The zero-order valence-electron chi connectivity index (χ0n) is 19.9. The molecule has 5 aromatic rings. The Bertz CT molecular complexity index is 1630. The molecule has 0 unspecified atom stereocenters. The van der Waals surface area contributed by atoms with Crippen molar-refractivity contribution in [2.45, 2.75) is 0 Å². The van der Waals surface area contributed by atoms with E-state index in [9.17, 15) is 5.26 Å². The van der Waals surface area contributed by atoms with Crippen molar-refractivity contribution in [3.8, 4) is 28.6 Å². The number of para-hydroxylation sites is 2. The van der Waals surface area contributed by atoms with E-state index in [0.29, 0.717) is 34.4 Å². The SMILES string of the molecule is N#Cc1cnc(Nc2ccccc2NC(N)=Nc2ccc(-c3ccccc3)nn2)nc1-c1ccc(Br)cc1. The second-order valence-electron chi connectivity index (χ2n) is 8.01. The van der Waals surface area contributed by atoms with E-state index in [4.69, 9.17) is 5.73 Å². The van der Waals surface area contributed by atoms with Gasteiger partial charge in [0.05, 0.1) is 34.5 Å². The molecule has 10 heteroatoms. The molecule has 0 aliphatic carbocycles. The van der Waals surface area contributed by atoms with E-state index in [1.165, 1.54) is 6.20 Å². The maximum absolute atomic E-state index is 9.55. The van der Waals surface area contributed by atoms with Gasteiger partial charge in [-0.15, -0.1) is 10.2 Å². The van der Waals surface area contributed by atoms with Crippen LogP contribution in [0.3, 0.4) is 0 Å². The number of nitriles is 1. The van der Waals surface area contributed by atoms with Gasteiger partial charge in [-0.05, 0) is 36.4 Å². The third-order valence-corrected chi connectivity index (χ3v) is 5.95. The van der Waals surface area contributed by atoms with Crippen LogP contribution in [0.5, 0.6) is 0 Å². The van der Waals surface area contributed by atoms with E-state index >= 15 is 0 Å². The summed E-state index contributed by atoms with van der Waals surface area (Å²) in [6.45, 7) is 0. The molecule has 0 amide bonds. The number of benzene rings is 3. The predicted octanol–water partition coefficient (Wildman–Crippen LogP) is 6.04. The summed E-state index contributed by atoms with van der Waals surface area (Å²) in [5.41, 5.74) is 10.9. The van der Waals surface area contributed by atoms with Crippen molar-refractivity contribution < 1.29 is 0 Å². The summed E-state index contributed by atoms with van der Waals surface area (Å²) in [7, 11) is 0. The number of nitrogens with one attached hydrogen (secondary N) is 2. The van der Waals surface area contributed by atoms with Crippen LogP contribution in [0.25, 0.3) is 22.5 Å². The molecular weight excluding hydrogens is 542 g/mol. The van der Waals surface area contributed by atoms with Gasteiger partial charge in [0.2, 0.25) is 5.95 Å². The topological polar surface area (TPSA) is 138 Å². The van der Waals surface area contributed by atoms with E-state index in [1.807, 2.05) is 84.9 Å². The Kier molecular flexibility index (Phi) is 7.29. The fourth-order valence-corrected chi connectivity index (χ4v) is 3.87. The number of halogens is 1. The molecule has 0 radical (unpaired) electrons. The zero-order chi connectivity index (χ0) is 26.3. The lowest BCUT2D eigenvalue weighted by Crippen LogP contribution is -2.22. The molecule has 2 heterocycles. The highest BCUT2D eigenvalue weighted by Gasteiger charge is 2.12. The third kappa shape index (κ3) is 5.80. The molecule has 3 aromatic carbocycles. The molecule has 0 spiro atoms. The molecule has 5 rings (SSSR count). The van der Waals surface area contributed by atoms with Crippen molar-refractivity contribution in [3.05, 3.63) is 107 Å². The maximum Gasteiger partial charge on any atom is 0.227 e. The number of nitrogens with zero attached hydrogens (tertiary/aromatic N) is 6. The molecule has 0 fully saturated rings. The third-order valence-electron chi connectivity index (χ3n) is 5.42. The number of aromatic nitrogens is 4. The van der Waals surface area contributed by atoms with Crippen LogP contribution >= 0.6 is 15.9 Å². The molecule has 38 heavy (non-hydrogen) atoms. The van der Waals surface area contributed by atoms with Crippen LogP contribution in [0.1, 0.15) is 5.56 Å². The van der Waals surface area contributed by atoms with Crippen molar-refractivity contribution in [1.29, 1.82) is 5.26 Å². The molecule has 4 N–H and O–H groups in total. The van der Waals surface area contributed by atoms with Crippen LogP contribution in [0.2, 0.25) is 0 Å². The van der Waals surface area contributed by atoms with E-state index in [2.05, 4.69) is 57.8 Å². The highest BCUT2D eigenvalue weighted by Crippen LogP contribution is 2.27. The summed E-state index contributed by atoms with van der Waals surface area (Å²) < 4.78 is 0.935. The number of rotatable bonds is 6. The zero-order valence-corrected chi connectivity index (χ0v) is 21.5. The van der Waals surface area contributed by atoms with Crippen LogP contribution < -0.4 is 16.4 Å². The van der Waals surface area contributed by atoms with Crippen molar-refractivity contribution in [2.24, 2.45) is 10.7 Å². The number of nitrogens with two attached hydrogens (primary N) is 1. The summed E-state index contributed by atoms with van der Waals surface area (Å²) in [4.78, 5) is 13.2. The Morgan fingerprint density at radius 1 is 0.842 bits per heavy atom. The monoisotopic (exact) mass is 561 g/mol. The Morgan fingerprint density at radius 2 is 1.58 bits per heavy atom. The average Bonchev–Trinajstić information content (AvgIpc) is 2.95. The Morgan fingerprint density at radius 3 is 2.29 bits per heavy atom. The lowest BCUT2D eigenvalue weighted by Gasteiger charge is -2.13. The van der Waals surface area contributed by atoms with Crippen LogP contribution in [-0.2, 0) is 0 Å². The molecule has 0 atom stereocenters. The molecule has 184 valence electrons. The first-order valence-electron chi connectivity index (χ1n) is 11.5. The summed E-state index contributed by atoms with van der Waals surface area (Å²) in [5.74, 6) is 0.834. The normalized spacial score (nSPS) is 11.0. The molecule has 9 nitrogen and oxygen atoms in total. The first kappa shape index (κ1) is 24.5. The highest BCUT2D eigenvalue weighted by atomic mass is 79.9. The van der Waals surface area contributed by atoms with Gasteiger partial charge in [-0.2, -0.15) is 10.3 Å². The Balaban J connectivity index is 1.35. The summed E-state index contributed by atoms with van der Waals surface area (Å²) in [5, 5.41) is 24.2. The second-order valence-corrected chi connectivity index (χ2v) is 8.93. The van der Waals surface area contributed by atoms with Crippen LogP contribution in [-0.4, -0.2) is 26.1 Å². The van der Waals surface area contributed by atoms with Gasteiger partial charge in [0.1, 0.15) is 6.07 Å². The van der Waals surface area contributed by atoms with Crippen molar-refractivity contribution in [2.75, 3.05) is 10.6 Å². The lowest BCUT2D eigenvalue weighted by atomic mass is 10.1. The van der Waals surface area contributed by atoms with Gasteiger partial charge < -0.3 is 16.4 Å². The first-order valence-corrected chi connectivity index (χ1v) is 12.3. The minimum atomic E-state index is 0.136. The Hall–Kier alpha value is -5.14. The van der Waals surface area contributed by atoms with E-state index in [0.717, 1.165) is 21.3 Å². The standard InChI is InChI=1S/C28H20BrN9/c29-21-12-10-19(11-13-21)26-20(16-30)17-32-28(36-26)34-24-9-5-4-8-23(24)33-27(31)35-25-15-14-22(37-38-25)18-6-2-1-3-7-18/h1-15,17H,(H,32,34,36)(H3,31,33,35,38). The van der Waals surface area contributed by atoms with Gasteiger partial charge in [-0.25, -0.2) is 9.97 Å². The number of anilines is 3. The molecule has 0 aliphatic heterocycles. The molecular formula is C28H20BrN9. The van der Waals surface area contributed by atoms with Gasteiger partial charge in [0, 0.05) is 15.6 Å². The largest absolute Gasteiger partial charge is 0.369 e. The number of guanidine groups is 1. The van der Waals surface area contributed by atoms with Gasteiger partial charge in [0.15, 0.2) is 11.8 Å². The van der Waals surface area contributed by atoms with E-state index < -0.39 is 0 Å². The average molecular weight is 562 g/mol. The first-order chi connectivity index (χ1) is 18.6. The van der Waals surface area contributed by atoms with Crippen molar-refractivity contribution in [3.63, 3.8) is 0 Å². The predicted molar refractivity (Wildman–Crippen MR) is 152 cm³/mol. The summed E-state index contributed by atoms with van der Waals surface area (Å²) in [6, 6.07) is 30.5. The number of aliphatic imine (C=N–C) groups is 1.